The van der Waals surface area contributed by atoms with Crippen molar-refractivity contribution >= 4 is 57.6 Å². The Morgan fingerprint density at radius 3 is 2.33 bits per heavy atom. The van der Waals surface area contributed by atoms with Crippen molar-refractivity contribution in [2.75, 3.05) is 68.0 Å². The van der Waals surface area contributed by atoms with E-state index in [2.05, 4.69) is 40.8 Å². The third kappa shape index (κ3) is 8.05. The summed E-state index contributed by atoms with van der Waals surface area (Å²) in [6, 6.07) is 18.8. The molecule has 3 fully saturated rings. The van der Waals surface area contributed by atoms with Gasteiger partial charge in [-0.3, -0.25) is 49.1 Å². The molecule has 0 spiro atoms. The van der Waals surface area contributed by atoms with Gasteiger partial charge in [-0.2, -0.15) is 5.10 Å². The highest BCUT2D eigenvalue weighted by atomic mass is 19.1. The lowest BCUT2D eigenvalue weighted by molar-refractivity contribution is -0.136. The topological polar surface area (TPSA) is 163 Å². The highest BCUT2D eigenvalue weighted by molar-refractivity contribution is 6.23. The van der Waals surface area contributed by atoms with Gasteiger partial charge in [0.25, 0.3) is 17.7 Å². The van der Waals surface area contributed by atoms with E-state index in [1.54, 1.807) is 24.3 Å². The van der Waals surface area contributed by atoms with Gasteiger partial charge in [0, 0.05) is 87.6 Å². The molecule has 3 saturated heterocycles. The number of H-pyrrole nitrogens is 1. The van der Waals surface area contributed by atoms with Crippen molar-refractivity contribution < 1.29 is 37.1 Å². The van der Waals surface area contributed by atoms with Gasteiger partial charge in [0.1, 0.15) is 24.4 Å². The molecule has 4 N–H and O–H groups in total. The number of hydrogen-bond donors (Lipinski definition) is 4. The first kappa shape index (κ1) is 39.8. The number of likely N-dealkylation sites (tertiary alicyclic amines) is 1. The second kappa shape index (κ2) is 16.5. The molecule has 0 radical (unpaired) electrons. The largest absolute Gasteiger partial charge is 0.382 e. The molecule has 5 aromatic rings. The van der Waals surface area contributed by atoms with E-state index in [9.17, 15) is 37.1 Å². The zero-order chi connectivity index (χ0) is 42.4. The number of nitrogens with zero attached hydrogens (tertiary/aromatic N) is 5. The van der Waals surface area contributed by atoms with Gasteiger partial charge in [-0.05, 0) is 84.1 Å². The summed E-state index contributed by atoms with van der Waals surface area (Å²) in [4.78, 5) is 72.0. The third-order valence-electron chi connectivity index (χ3n) is 11.9. The Morgan fingerprint density at radius 1 is 0.820 bits per heavy atom. The summed E-state index contributed by atoms with van der Waals surface area (Å²) in [7, 11) is 0. The number of alkyl halides is 1. The summed E-state index contributed by atoms with van der Waals surface area (Å²) in [6.45, 7) is 4.82. The Kier molecular flexibility index (Phi) is 10.8. The lowest BCUT2D eigenvalue weighted by atomic mass is 10.0. The van der Waals surface area contributed by atoms with Crippen LogP contribution in [0.15, 0.2) is 72.8 Å². The monoisotopic (exact) mass is 833 g/mol. The number of piperazine rings is 1. The number of hydrogen-bond acceptors (Lipinski definition) is 10. The number of anilines is 3. The molecule has 0 saturated carbocycles. The van der Waals surface area contributed by atoms with Gasteiger partial charge in [0.2, 0.25) is 11.8 Å². The van der Waals surface area contributed by atoms with Crippen molar-refractivity contribution in [2.45, 2.75) is 37.9 Å². The second-order valence-electron chi connectivity index (χ2n) is 15.9. The lowest BCUT2D eigenvalue weighted by Gasteiger charge is -2.48. The number of amides is 5. The van der Waals surface area contributed by atoms with E-state index in [4.69, 9.17) is 0 Å². The highest BCUT2D eigenvalue weighted by Gasteiger charge is 2.45. The molecule has 1 unspecified atom stereocenters. The summed E-state index contributed by atoms with van der Waals surface area (Å²) in [5.74, 6) is -3.55. The number of halogens is 3. The Labute approximate surface area is 348 Å². The van der Waals surface area contributed by atoms with E-state index in [-0.39, 0.29) is 42.8 Å². The van der Waals surface area contributed by atoms with Gasteiger partial charge in [-0.15, -0.1) is 0 Å². The van der Waals surface area contributed by atoms with Crippen LogP contribution in [0, 0.1) is 11.6 Å². The Balaban J connectivity index is 0.796. The zero-order valence-electron chi connectivity index (χ0n) is 33.0. The molecular weight excluding hydrogens is 792 g/mol. The Bertz CT molecular complexity index is 2570. The molecule has 14 nitrogen and oxygen atoms in total. The molecular formula is C44H42F3N9O5. The van der Waals surface area contributed by atoms with E-state index in [1.807, 2.05) is 30.3 Å². The predicted octanol–water partition coefficient (Wildman–Crippen LogP) is 4.47. The fourth-order valence-corrected chi connectivity index (χ4v) is 8.77. The van der Waals surface area contributed by atoms with E-state index in [0.717, 1.165) is 67.0 Å². The molecule has 9 rings (SSSR count). The van der Waals surface area contributed by atoms with E-state index >= 15 is 0 Å². The molecule has 0 bridgehead atoms. The van der Waals surface area contributed by atoms with Crippen LogP contribution in [0.3, 0.4) is 0 Å². The highest BCUT2D eigenvalue weighted by Crippen LogP contribution is 2.31. The van der Waals surface area contributed by atoms with E-state index < -0.39 is 53.9 Å². The standard InChI is InChI=1S/C44H42F3N9O5/c45-9-10-48-37-21-30(3-5-33(37)41(58)50-40-35-18-25(2-6-36(35)51-52-40)15-27-16-28(46)20-29(47)17-27)54-11-13-55(14-12-54)31-23-53(24-31)22-26-1-4-32-34(19-26)44(61)56(43(32)60)38-7-8-39(57)49-42(38)59/h1-6,16-21,31,38,48H,7-15,22-24H2,(H,49,57,59)(H2,50,51,52,58). The number of imide groups is 2. The van der Waals surface area contributed by atoms with E-state index in [0.29, 0.717) is 40.3 Å². The number of aromatic nitrogens is 2. The van der Waals surface area contributed by atoms with Crippen LogP contribution in [0.25, 0.3) is 10.9 Å². The first-order chi connectivity index (χ1) is 29.5. The van der Waals surface area contributed by atoms with Crippen molar-refractivity contribution in [3.05, 3.63) is 118 Å². The number of piperidine rings is 1. The molecule has 17 heteroatoms. The molecule has 1 aromatic heterocycles. The number of fused-ring (bicyclic) bond motifs is 2. The van der Waals surface area contributed by atoms with Gasteiger partial charge >= 0.3 is 0 Å². The summed E-state index contributed by atoms with van der Waals surface area (Å²) in [6.07, 6.45) is 0.452. The van der Waals surface area contributed by atoms with Crippen LogP contribution in [0.4, 0.5) is 30.4 Å². The van der Waals surface area contributed by atoms with Gasteiger partial charge in [0.15, 0.2) is 5.82 Å². The minimum atomic E-state index is -1.00. The van der Waals surface area contributed by atoms with Crippen LogP contribution in [0.1, 0.15) is 60.6 Å². The van der Waals surface area contributed by atoms with Crippen molar-refractivity contribution in [1.29, 1.82) is 0 Å². The second-order valence-corrected chi connectivity index (χ2v) is 15.9. The zero-order valence-corrected chi connectivity index (χ0v) is 33.0. The molecule has 314 valence electrons. The van der Waals surface area contributed by atoms with Crippen LogP contribution in [-0.2, 0) is 22.6 Å². The maximum absolute atomic E-state index is 13.8. The van der Waals surface area contributed by atoms with Gasteiger partial charge < -0.3 is 15.5 Å². The Hall–Kier alpha value is -6.59. The van der Waals surface area contributed by atoms with Gasteiger partial charge in [0.05, 0.1) is 22.2 Å². The van der Waals surface area contributed by atoms with Crippen LogP contribution in [0.2, 0.25) is 0 Å². The minimum absolute atomic E-state index is 0.0196. The first-order valence-electron chi connectivity index (χ1n) is 20.2. The molecule has 61 heavy (non-hydrogen) atoms. The summed E-state index contributed by atoms with van der Waals surface area (Å²) < 4.78 is 41.0. The average Bonchev–Trinajstić information content (AvgIpc) is 3.73. The number of aromatic amines is 1. The number of carbonyl (C=O) groups is 5. The molecule has 5 amide bonds. The normalized spacial score (nSPS) is 18.7. The number of nitrogens with one attached hydrogen (secondary N) is 4. The molecule has 4 aliphatic heterocycles. The summed E-state index contributed by atoms with van der Waals surface area (Å²) in [5.41, 5.74) is 5.05. The number of rotatable bonds is 12. The maximum Gasteiger partial charge on any atom is 0.262 e. The fourth-order valence-electron chi connectivity index (χ4n) is 8.77. The van der Waals surface area contributed by atoms with Gasteiger partial charge in [-0.1, -0.05) is 12.1 Å². The van der Waals surface area contributed by atoms with Crippen molar-refractivity contribution in [3.63, 3.8) is 0 Å². The molecule has 0 aliphatic carbocycles. The number of carbonyl (C=O) groups excluding carboxylic acids is 5. The van der Waals surface area contributed by atoms with Gasteiger partial charge in [-0.25, -0.2) is 13.2 Å². The molecule has 4 aromatic carbocycles. The smallest absolute Gasteiger partial charge is 0.262 e. The maximum atomic E-state index is 13.8. The lowest BCUT2D eigenvalue weighted by Crippen LogP contribution is -2.62. The Morgan fingerprint density at radius 2 is 1.57 bits per heavy atom. The average molecular weight is 834 g/mol. The van der Waals surface area contributed by atoms with Crippen LogP contribution in [-0.4, -0.2) is 119 Å². The first-order valence-corrected chi connectivity index (χ1v) is 20.2. The molecule has 4 aliphatic rings. The summed E-state index contributed by atoms with van der Waals surface area (Å²) >= 11 is 0. The van der Waals surface area contributed by atoms with Crippen LogP contribution >= 0.6 is 0 Å². The summed E-state index contributed by atoms with van der Waals surface area (Å²) in [5, 5.41) is 16.0. The van der Waals surface area contributed by atoms with Crippen molar-refractivity contribution in [2.24, 2.45) is 0 Å². The molecule has 1 atom stereocenters. The molecule has 5 heterocycles. The third-order valence-corrected chi connectivity index (χ3v) is 11.9. The van der Waals surface area contributed by atoms with Crippen LogP contribution < -0.4 is 20.9 Å². The van der Waals surface area contributed by atoms with Crippen LogP contribution in [0.5, 0.6) is 0 Å². The number of benzene rings is 4. The fraction of sp³-hybridized carbons (Fsp3) is 0.318. The predicted molar refractivity (Wildman–Crippen MR) is 220 cm³/mol. The SMILES string of the molecule is O=C1CCC(N2C(=O)c3ccc(CN4CC(N5CCN(c6ccc(C(=O)Nc7n[nH]c8ccc(Cc9cc(F)cc(F)c9)cc78)c(NCCF)c6)CC5)C4)cc3C2=O)C(=O)N1. The van der Waals surface area contributed by atoms with Crippen molar-refractivity contribution in [3.8, 4) is 0 Å². The quantitative estimate of drug-likeness (QED) is 0.132. The van der Waals surface area contributed by atoms with E-state index in [1.165, 1.54) is 12.1 Å². The van der Waals surface area contributed by atoms with Crippen molar-refractivity contribution in [1.82, 2.24) is 30.2 Å². The minimum Gasteiger partial charge on any atom is -0.382 e.